The minimum atomic E-state index is -0.408. The summed E-state index contributed by atoms with van der Waals surface area (Å²) in [6, 6.07) is 19.8. The molecule has 7 heteroatoms. The number of para-hydroxylation sites is 1. The number of nitrogens with one attached hydrogen (secondary N) is 1. The Hall–Kier alpha value is -3.02. The number of benzene rings is 3. The number of halogens is 2. The molecular weight excluding hydrogens is 411 g/mol. The molecule has 1 amide bonds. The Balaban J connectivity index is 1.73. The number of hydrogen-bond acceptors (Lipinski definition) is 4. The van der Waals surface area contributed by atoms with Crippen LogP contribution in [-0.4, -0.2) is 19.2 Å². The monoisotopic (exact) mass is 428 g/mol. The molecule has 29 heavy (non-hydrogen) atoms. The van der Waals surface area contributed by atoms with Crippen molar-refractivity contribution in [2.24, 2.45) is 5.10 Å². The van der Waals surface area contributed by atoms with Crippen LogP contribution in [-0.2, 0) is 6.61 Å². The van der Waals surface area contributed by atoms with Crippen LogP contribution in [0.4, 0.5) is 0 Å². The fourth-order valence-corrected chi connectivity index (χ4v) is 2.84. The summed E-state index contributed by atoms with van der Waals surface area (Å²) in [7, 11) is 1.57. The molecule has 0 radical (unpaired) electrons. The Morgan fingerprint density at radius 1 is 1.03 bits per heavy atom. The smallest absolute Gasteiger partial charge is 0.271 e. The van der Waals surface area contributed by atoms with Gasteiger partial charge in [-0.1, -0.05) is 59.6 Å². The van der Waals surface area contributed by atoms with Crippen molar-refractivity contribution < 1.29 is 14.3 Å². The number of hydrazone groups is 1. The van der Waals surface area contributed by atoms with Crippen LogP contribution in [0.1, 0.15) is 21.5 Å². The minimum Gasteiger partial charge on any atom is -0.493 e. The predicted molar refractivity (Wildman–Crippen MR) is 115 cm³/mol. The Bertz CT molecular complexity index is 1020. The lowest BCUT2D eigenvalue weighted by Crippen LogP contribution is -2.17. The summed E-state index contributed by atoms with van der Waals surface area (Å²) in [6.07, 6.45) is 1.50. The van der Waals surface area contributed by atoms with Crippen LogP contribution in [0.3, 0.4) is 0 Å². The fraction of sp³-hybridized carbons (Fsp3) is 0.0909. The van der Waals surface area contributed by atoms with Crippen molar-refractivity contribution >= 4 is 35.3 Å². The Labute approximate surface area is 178 Å². The summed E-state index contributed by atoms with van der Waals surface area (Å²) < 4.78 is 11.3. The van der Waals surface area contributed by atoms with Gasteiger partial charge < -0.3 is 9.47 Å². The summed E-state index contributed by atoms with van der Waals surface area (Å²) in [6.45, 7) is 0.373. The average molecular weight is 429 g/mol. The molecule has 0 heterocycles. The highest BCUT2D eigenvalue weighted by molar-refractivity contribution is 6.42. The van der Waals surface area contributed by atoms with E-state index in [1.165, 1.54) is 12.3 Å². The first-order valence-corrected chi connectivity index (χ1v) is 9.46. The highest BCUT2D eigenvalue weighted by atomic mass is 35.5. The van der Waals surface area contributed by atoms with E-state index >= 15 is 0 Å². The maximum atomic E-state index is 12.2. The number of methoxy groups -OCH3 is 1. The average Bonchev–Trinajstić information content (AvgIpc) is 2.75. The second kappa shape index (κ2) is 9.96. The van der Waals surface area contributed by atoms with Crippen LogP contribution >= 0.6 is 23.2 Å². The van der Waals surface area contributed by atoms with E-state index in [2.05, 4.69) is 10.5 Å². The van der Waals surface area contributed by atoms with Gasteiger partial charge in [-0.25, -0.2) is 5.43 Å². The number of ether oxygens (including phenoxy) is 2. The van der Waals surface area contributed by atoms with Crippen molar-refractivity contribution in [2.45, 2.75) is 6.61 Å². The molecule has 5 nitrogen and oxygen atoms in total. The molecule has 0 spiro atoms. The molecule has 3 rings (SSSR count). The fourth-order valence-electron chi connectivity index (χ4n) is 2.54. The molecule has 0 aromatic heterocycles. The topological polar surface area (TPSA) is 59.9 Å². The molecule has 0 fully saturated rings. The summed E-state index contributed by atoms with van der Waals surface area (Å²) in [5.41, 5.74) is 4.50. The van der Waals surface area contributed by atoms with Crippen molar-refractivity contribution in [3.8, 4) is 11.5 Å². The third kappa shape index (κ3) is 5.50. The first-order valence-electron chi connectivity index (χ1n) is 8.70. The van der Waals surface area contributed by atoms with Gasteiger partial charge in [-0.05, 0) is 35.9 Å². The van der Waals surface area contributed by atoms with Crippen molar-refractivity contribution in [3.05, 3.63) is 93.5 Å². The molecular formula is C22H18Cl2N2O3. The van der Waals surface area contributed by atoms with Gasteiger partial charge in [0.1, 0.15) is 6.61 Å². The molecule has 1 N–H and O–H groups in total. The van der Waals surface area contributed by atoms with E-state index < -0.39 is 5.91 Å². The molecule has 148 valence electrons. The van der Waals surface area contributed by atoms with Crippen LogP contribution in [0.5, 0.6) is 11.5 Å². The third-order valence-corrected chi connectivity index (χ3v) is 4.75. The number of rotatable bonds is 7. The largest absolute Gasteiger partial charge is 0.493 e. The summed E-state index contributed by atoms with van der Waals surface area (Å²) in [5.74, 6) is 0.696. The molecule has 0 aliphatic rings. The SMILES string of the molecule is COc1cccc(/C=N\NC(=O)c2ccc(Cl)c(Cl)c2)c1OCc1ccccc1. The number of carbonyl (C=O) groups is 1. The second-order valence-corrected chi connectivity index (χ2v) is 6.80. The molecule has 0 atom stereocenters. The van der Waals surface area contributed by atoms with Gasteiger partial charge in [0.05, 0.1) is 23.4 Å². The van der Waals surface area contributed by atoms with Gasteiger partial charge in [0.2, 0.25) is 0 Å². The standard InChI is InChI=1S/C22H18Cl2N2O3/c1-28-20-9-5-8-17(21(20)29-14-15-6-3-2-4-7-15)13-25-26-22(27)16-10-11-18(23)19(24)12-16/h2-13H,14H2,1H3,(H,26,27)/b25-13-. The first-order chi connectivity index (χ1) is 14.1. The van der Waals surface area contributed by atoms with Gasteiger partial charge >= 0.3 is 0 Å². The summed E-state index contributed by atoms with van der Waals surface area (Å²) in [5, 5.41) is 4.70. The van der Waals surface area contributed by atoms with Crippen LogP contribution in [0.25, 0.3) is 0 Å². The van der Waals surface area contributed by atoms with Crippen LogP contribution in [0.2, 0.25) is 10.0 Å². The lowest BCUT2D eigenvalue weighted by Gasteiger charge is -2.13. The molecule has 3 aromatic carbocycles. The van der Waals surface area contributed by atoms with Crippen LogP contribution in [0, 0.1) is 0 Å². The van der Waals surface area contributed by atoms with Gasteiger partial charge in [0, 0.05) is 11.1 Å². The van der Waals surface area contributed by atoms with E-state index in [0.717, 1.165) is 5.56 Å². The molecule has 0 aliphatic heterocycles. The molecule has 0 unspecified atom stereocenters. The Morgan fingerprint density at radius 3 is 2.55 bits per heavy atom. The zero-order chi connectivity index (χ0) is 20.6. The second-order valence-electron chi connectivity index (χ2n) is 5.98. The minimum absolute atomic E-state index is 0.299. The van der Waals surface area contributed by atoms with Crippen LogP contribution in [0.15, 0.2) is 71.8 Å². The number of carbonyl (C=O) groups excluding carboxylic acids is 1. The van der Waals surface area contributed by atoms with E-state index in [-0.39, 0.29) is 0 Å². The molecule has 3 aromatic rings. The van der Waals surface area contributed by atoms with E-state index in [1.54, 1.807) is 25.3 Å². The lowest BCUT2D eigenvalue weighted by atomic mass is 10.2. The van der Waals surface area contributed by atoms with Gasteiger partial charge in [0.25, 0.3) is 5.91 Å². The highest BCUT2D eigenvalue weighted by Gasteiger charge is 2.11. The van der Waals surface area contributed by atoms with E-state index in [9.17, 15) is 4.79 Å². The zero-order valence-electron chi connectivity index (χ0n) is 15.6. The van der Waals surface area contributed by atoms with Crippen molar-refractivity contribution in [1.82, 2.24) is 5.43 Å². The normalized spacial score (nSPS) is 10.7. The van der Waals surface area contributed by atoms with E-state index in [1.807, 2.05) is 42.5 Å². The maximum absolute atomic E-state index is 12.2. The van der Waals surface area contributed by atoms with E-state index in [4.69, 9.17) is 32.7 Å². The molecule has 0 bridgehead atoms. The lowest BCUT2D eigenvalue weighted by molar-refractivity contribution is 0.0955. The van der Waals surface area contributed by atoms with E-state index in [0.29, 0.717) is 39.3 Å². The van der Waals surface area contributed by atoms with Crippen molar-refractivity contribution in [1.29, 1.82) is 0 Å². The third-order valence-electron chi connectivity index (χ3n) is 4.01. The number of nitrogens with zero attached hydrogens (tertiary/aromatic N) is 1. The van der Waals surface area contributed by atoms with Gasteiger partial charge in [-0.3, -0.25) is 4.79 Å². The van der Waals surface area contributed by atoms with Gasteiger partial charge in [0.15, 0.2) is 11.5 Å². The molecule has 0 saturated heterocycles. The van der Waals surface area contributed by atoms with Crippen molar-refractivity contribution in [2.75, 3.05) is 7.11 Å². The van der Waals surface area contributed by atoms with Gasteiger partial charge in [-0.15, -0.1) is 0 Å². The number of hydrogen-bond donors (Lipinski definition) is 1. The molecule has 0 aliphatic carbocycles. The maximum Gasteiger partial charge on any atom is 0.271 e. The first kappa shape index (κ1) is 20.7. The van der Waals surface area contributed by atoms with Crippen LogP contribution < -0.4 is 14.9 Å². The predicted octanol–water partition coefficient (Wildman–Crippen LogP) is 5.34. The zero-order valence-corrected chi connectivity index (χ0v) is 17.1. The highest BCUT2D eigenvalue weighted by Crippen LogP contribution is 2.31. The van der Waals surface area contributed by atoms with Crippen molar-refractivity contribution in [3.63, 3.8) is 0 Å². The number of amides is 1. The quantitative estimate of drug-likeness (QED) is 0.407. The Kier molecular flexibility index (Phi) is 7.11. The summed E-state index contributed by atoms with van der Waals surface area (Å²) in [4.78, 5) is 12.2. The summed E-state index contributed by atoms with van der Waals surface area (Å²) >= 11 is 11.8. The molecule has 0 saturated carbocycles. The van der Waals surface area contributed by atoms with Gasteiger partial charge in [-0.2, -0.15) is 5.10 Å². The Morgan fingerprint density at radius 2 is 1.83 bits per heavy atom.